The Labute approximate surface area is 138 Å². The second-order valence-corrected chi connectivity index (χ2v) is 5.94. The number of nitrogens with zero attached hydrogens (tertiary/aromatic N) is 3. The number of hydrogen-bond acceptors (Lipinski definition) is 5. The maximum Gasteiger partial charge on any atom is 0.445 e. The van der Waals surface area contributed by atoms with Gasteiger partial charge in [-0.1, -0.05) is 22.5 Å². The fourth-order valence-corrected chi connectivity index (χ4v) is 2.49. The van der Waals surface area contributed by atoms with Crippen molar-refractivity contribution in [1.82, 2.24) is 10.2 Å². The number of benzene rings is 1. The zero-order valence-corrected chi connectivity index (χ0v) is 13.5. The van der Waals surface area contributed by atoms with Gasteiger partial charge in [-0.15, -0.1) is 5.10 Å². The average Bonchev–Trinajstić information content (AvgIpc) is 2.94. The van der Waals surface area contributed by atoms with E-state index in [0.29, 0.717) is 5.69 Å². The third kappa shape index (κ3) is 4.40. The lowest BCUT2D eigenvalue weighted by molar-refractivity contribution is -0.138. The van der Waals surface area contributed by atoms with Crippen molar-refractivity contribution in [2.45, 2.75) is 26.1 Å². The number of aromatic nitrogens is 2. The van der Waals surface area contributed by atoms with Gasteiger partial charge in [-0.25, -0.2) is 4.39 Å². The zero-order valence-electron chi connectivity index (χ0n) is 12.7. The van der Waals surface area contributed by atoms with Crippen molar-refractivity contribution in [2.75, 3.05) is 11.5 Å². The average molecular weight is 363 g/mol. The molecule has 0 saturated carbocycles. The van der Waals surface area contributed by atoms with E-state index in [2.05, 4.69) is 10.2 Å². The first-order valence-corrected chi connectivity index (χ1v) is 7.61. The Kier molecular flexibility index (Phi) is 5.37. The van der Waals surface area contributed by atoms with Crippen molar-refractivity contribution in [1.29, 1.82) is 0 Å². The van der Waals surface area contributed by atoms with Crippen LogP contribution >= 0.6 is 11.3 Å². The fourth-order valence-electron chi connectivity index (χ4n) is 1.93. The van der Waals surface area contributed by atoms with E-state index in [1.807, 2.05) is 0 Å². The van der Waals surface area contributed by atoms with Gasteiger partial charge >= 0.3 is 6.18 Å². The minimum Gasteiger partial charge on any atom is -0.459 e. The van der Waals surface area contributed by atoms with Crippen LogP contribution in [0, 0.1) is 5.82 Å². The highest BCUT2D eigenvalue weighted by Gasteiger charge is 2.36. The number of ether oxygens (including phenoxy) is 1. The van der Waals surface area contributed by atoms with Crippen LogP contribution < -0.4 is 9.64 Å². The highest BCUT2D eigenvalue weighted by molar-refractivity contribution is 7.13. The predicted molar refractivity (Wildman–Crippen MR) is 79.4 cm³/mol. The van der Waals surface area contributed by atoms with E-state index >= 15 is 0 Å². The molecular weight excluding hydrogens is 350 g/mol. The van der Waals surface area contributed by atoms with Gasteiger partial charge in [0.1, 0.15) is 5.82 Å². The first-order valence-electron chi connectivity index (χ1n) is 6.79. The Bertz CT molecular complexity index is 718. The maximum absolute atomic E-state index is 13.3. The number of rotatable bonds is 5. The predicted octanol–water partition coefficient (Wildman–Crippen LogP) is 3.52. The molecule has 0 aliphatic rings. The lowest BCUT2D eigenvalue weighted by Gasteiger charge is -2.26. The second kappa shape index (κ2) is 7.12. The molecule has 0 bridgehead atoms. The van der Waals surface area contributed by atoms with Gasteiger partial charge in [0.2, 0.25) is 5.01 Å². The first-order chi connectivity index (χ1) is 11.2. The summed E-state index contributed by atoms with van der Waals surface area (Å²) in [5, 5.41) is 4.68. The molecule has 10 heteroatoms. The normalized spacial score (nSPS) is 11.6. The molecule has 0 saturated heterocycles. The fraction of sp³-hybridized carbons (Fsp3) is 0.357. The molecule has 1 aromatic carbocycles. The minimum atomic E-state index is -4.62. The number of alkyl halides is 3. The Morgan fingerprint density at radius 2 is 2.04 bits per heavy atom. The SMILES string of the molecule is CC(C)N(C(=O)COc1nnc(C(F)(F)F)s1)c1cccc(F)c1. The molecular formula is C14H13F4N3O2S. The molecule has 1 amide bonds. The van der Waals surface area contributed by atoms with Crippen molar-refractivity contribution in [3.63, 3.8) is 0 Å². The standard InChI is InChI=1S/C14H13F4N3O2S/c1-8(2)21(10-5-3-4-9(15)6-10)11(22)7-23-13-20-19-12(24-13)14(16,17)18/h3-6,8H,7H2,1-2H3. The molecule has 0 aliphatic heterocycles. The van der Waals surface area contributed by atoms with E-state index in [0.717, 1.165) is 0 Å². The van der Waals surface area contributed by atoms with Crippen LogP contribution in [0.1, 0.15) is 18.9 Å². The number of amides is 1. The molecule has 0 unspecified atom stereocenters. The van der Waals surface area contributed by atoms with E-state index in [1.54, 1.807) is 19.9 Å². The summed E-state index contributed by atoms with van der Waals surface area (Å²) in [4.78, 5) is 13.6. The summed E-state index contributed by atoms with van der Waals surface area (Å²) < 4.78 is 55.6. The molecule has 0 radical (unpaired) electrons. The number of anilines is 1. The van der Waals surface area contributed by atoms with E-state index < -0.39 is 29.5 Å². The maximum atomic E-state index is 13.3. The third-order valence-corrected chi connectivity index (χ3v) is 3.72. The zero-order chi connectivity index (χ0) is 17.9. The largest absolute Gasteiger partial charge is 0.459 e. The molecule has 2 aromatic rings. The van der Waals surface area contributed by atoms with Gasteiger partial charge in [-0.2, -0.15) is 13.2 Å². The molecule has 0 aliphatic carbocycles. The van der Waals surface area contributed by atoms with Crippen LogP contribution in [0.5, 0.6) is 5.19 Å². The molecule has 0 N–H and O–H groups in total. The van der Waals surface area contributed by atoms with E-state index in [9.17, 15) is 22.4 Å². The highest BCUT2D eigenvalue weighted by atomic mass is 32.1. The molecule has 0 fully saturated rings. The molecule has 2 rings (SSSR count). The topological polar surface area (TPSA) is 55.3 Å². The number of carbonyl (C=O) groups excluding carboxylic acids is 1. The van der Waals surface area contributed by atoms with Crippen LogP contribution in [-0.2, 0) is 11.0 Å². The summed E-state index contributed by atoms with van der Waals surface area (Å²) >= 11 is 0.200. The van der Waals surface area contributed by atoms with E-state index in [-0.39, 0.29) is 22.6 Å². The Morgan fingerprint density at radius 3 is 2.58 bits per heavy atom. The lowest BCUT2D eigenvalue weighted by Crippen LogP contribution is -2.40. The van der Waals surface area contributed by atoms with Crippen molar-refractivity contribution in [3.05, 3.63) is 35.1 Å². The van der Waals surface area contributed by atoms with Gasteiger partial charge in [0, 0.05) is 11.7 Å². The van der Waals surface area contributed by atoms with Crippen LogP contribution in [0.25, 0.3) is 0 Å². The van der Waals surface area contributed by atoms with Crippen LogP contribution in [0.4, 0.5) is 23.2 Å². The van der Waals surface area contributed by atoms with Crippen LogP contribution in [-0.4, -0.2) is 28.8 Å². The summed E-state index contributed by atoms with van der Waals surface area (Å²) in [5.74, 6) is -1.05. The van der Waals surface area contributed by atoms with Gasteiger partial charge in [-0.05, 0) is 32.0 Å². The van der Waals surface area contributed by atoms with Gasteiger partial charge in [-0.3, -0.25) is 4.79 Å². The molecule has 1 aromatic heterocycles. The summed E-state index contributed by atoms with van der Waals surface area (Å²) in [6.07, 6.45) is -4.62. The minimum absolute atomic E-state index is 0.200. The number of hydrogen-bond donors (Lipinski definition) is 0. The Morgan fingerprint density at radius 1 is 1.33 bits per heavy atom. The van der Waals surface area contributed by atoms with E-state index in [1.165, 1.54) is 23.1 Å². The number of carbonyl (C=O) groups is 1. The highest BCUT2D eigenvalue weighted by Crippen LogP contribution is 2.33. The van der Waals surface area contributed by atoms with Gasteiger partial charge < -0.3 is 9.64 Å². The van der Waals surface area contributed by atoms with Crippen LogP contribution in [0.15, 0.2) is 24.3 Å². The van der Waals surface area contributed by atoms with Crippen molar-refractivity contribution in [3.8, 4) is 5.19 Å². The molecule has 1 heterocycles. The van der Waals surface area contributed by atoms with Crippen molar-refractivity contribution < 1.29 is 27.1 Å². The molecule has 0 atom stereocenters. The molecule has 0 spiro atoms. The van der Waals surface area contributed by atoms with Crippen molar-refractivity contribution >= 4 is 22.9 Å². The Balaban J connectivity index is 2.08. The van der Waals surface area contributed by atoms with Gasteiger partial charge in [0.05, 0.1) is 0 Å². The monoisotopic (exact) mass is 363 g/mol. The van der Waals surface area contributed by atoms with Crippen LogP contribution in [0.2, 0.25) is 0 Å². The smallest absolute Gasteiger partial charge is 0.445 e. The molecule has 5 nitrogen and oxygen atoms in total. The third-order valence-electron chi connectivity index (χ3n) is 2.84. The molecule has 130 valence electrons. The van der Waals surface area contributed by atoms with Crippen molar-refractivity contribution in [2.24, 2.45) is 0 Å². The lowest BCUT2D eigenvalue weighted by atomic mass is 10.2. The Hall–Kier alpha value is -2.23. The van der Waals surface area contributed by atoms with Gasteiger partial charge in [0.25, 0.3) is 11.1 Å². The van der Waals surface area contributed by atoms with Gasteiger partial charge in [0.15, 0.2) is 6.61 Å². The summed E-state index contributed by atoms with van der Waals surface area (Å²) in [6.45, 7) is 2.90. The van der Waals surface area contributed by atoms with E-state index in [4.69, 9.17) is 4.74 Å². The summed E-state index contributed by atoms with van der Waals surface area (Å²) in [7, 11) is 0. The summed E-state index contributed by atoms with van der Waals surface area (Å²) in [6, 6.07) is 5.12. The van der Waals surface area contributed by atoms with Crippen LogP contribution in [0.3, 0.4) is 0 Å². The summed E-state index contributed by atoms with van der Waals surface area (Å²) in [5.41, 5.74) is 0.326. The molecule has 24 heavy (non-hydrogen) atoms. The quantitative estimate of drug-likeness (QED) is 0.763. The second-order valence-electron chi connectivity index (χ2n) is 5.00. The first kappa shape index (κ1) is 18.1. The number of halogens is 4.